The minimum absolute atomic E-state index is 0.172. The molecule has 1 heterocycles. The summed E-state index contributed by atoms with van der Waals surface area (Å²) in [7, 11) is 0. The van der Waals surface area contributed by atoms with E-state index >= 15 is 0 Å². The maximum atomic E-state index is 10.4. The molecular formula is C7H10N4O2S. The van der Waals surface area contributed by atoms with Gasteiger partial charge in [0, 0.05) is 0 Å². The smallest absolute Gasteiger partial charge is 0.305 e. The van der Waals surface area contributed by atoms with Gasteiger partial charge in [0.05, 0.1) is 24.4 Å². The SMILES string of the molecule is CSc1ncc(C(N)CC(=O)O)nn1. The van der Waals surface area contributed by atoms with E-state index in [1.165, 1.54) is 18.0 Å². The van der Waals surface area contributed by atoms with Crippen LogP contribution in [0.2, 0.25) is 0 Å². The van der Waals surface area contributed by atoms with Gasteiger partial charge in [0.2, 0.25) is 5.16 Å². The number of carboxylic acids is 1. The Labute approximate surface area is 84.9 Å². The van der Waals surface area contributed by atoms with E-state index in [0.717, 1.165) is 0 Å². The number of nitrogens with zero attached hydrogens (tertiary/aromatic N) is 3. The molecule has 1 rings (SSSR count). The van der Waals surface area contributed by atoms with Gasteiger partial charge in [-0.1, -0.05) is 11.8 Å². The van der Waals surface area contributed by atoms with Gasteiger partial charge in [-0.05, 0) is 6.26 Å². The van der Waals surface area contributed by atoms with E-state index in [9.17, 15) is 4.79 Å². The van der Waals surface area contributed by atoms with Crippen LogP contribution in [0.3, 0.4) is 0 Å². The van der Waals surface area contributed by atoms with Gasteiger partial charge in [0.1, 0.15) is 0 Å². The van der Waals surface area contributed by atoms with Crippen molar-refractivity contribution in [3.05, 3.63) is 11.9 Å². The van der Waals surface area contributed by atoms with Gasteiger partial charge in [-0.25, -0.2) is 4.98 Å². The van der Waals surface area contributed by atoms with Crippen LogP contribution >= 0.6 is 11.8 Å². The van der Waals surface area contributed by atoms with E-state index in [-0.39, 0.29) is 6.42 Å². The normalized spacial score (nSPS) is 12.4. The monoisotopic (exact) mass is 214 g/mol. The van der Waals surface area contributed by atoms with Crippen LogP contribution in [0.25, 0.3) is 0 Å². The second kappa shape index (κ2) is 4.87. The van der Waals surface area contributed by atoms with Crippen molar-refractivity contribution in [2.45, 2.75) is 17.6 Å². The number of carboxylic acid groups (broad SMARTS) is 1. The summed E-state index contributed by atoms with van der Waals surface area (Å²) in [6.45, 7) is 0. The second-order valence-electron chi connectivity index (χ2n) is 2.57. The molecule has 0 bridgehead atoms. The molecule has 0 aliphatic rings. The van der Waals surface area contributed by atoms with Crippen molar-refractivity contribution < 1.29 is 9.90 Å². The number of aromatic nitrogens is 3. The quantitative estimate of drug-likeness (QED) is 0.683. The fourth-order valence-corrected chi connectivity index (χ4v) is 1.11. The maximum Gasteiger partial charge on any atom is 0.305 e. The largest absolute Gasteiger partial charge is 0.481 e. The summed E-state index contributed by atoms with van der Waals surface area (Å²) in [5.41, 5.74) is 5.95. The standard InChI is InChI=1S/C7H10N4O2S/c1-14-7-9-3-5(10-11-7)4(8)2-6(12)13/h3-4H,2,8H2,1H3,(H,12,13). The molecule has 1 aromatic heterocycles. The highest BCUT2D eigenvalue weighted by Gasteiger charge is 2.12. The number of aliphatic carboxylic acids is 1. The summed E-state index contributed by atoms with van der Waals surface area (Å²) >= 11 is 1.36. The molecule has 0 aromatic carbocycles. The molecule has 0 amide bonds. The number of carbonyl (C=O) groups is 1. The zero-order valence-corrected chi connectivity index (χ0v) is 8.36. The van der Waals surface area contributed by atoms with Crippen molar-refractivity contribution in [2.24, 2.45) is 5.73 Å². The molecule has 0 aliphatic heterocycles. The fourth-order valence-electron chi connectivity index (χ4n) is 0.830. The molecule has 76 valence electrons. The van der Waals surface area contributed by atoms with E-state index in [1.54, 1.807) is 0 Å². The lowest BCUT2D eigenvalue weighted by Crippen LogP contribution is -2.17. The first-order chi connectivity index (χ1) is 6.63. The molecule has 0 saturated carbocycles. The molecule has 0 radical (unpaired) electrons. The van der Waals surface area contributed by atoms with Crippen molar-refractivity contribution in [3.63, 3.8) is 0 Å². The molecule has 0 aliphatic carbocycles. The average Bonchev–Trinajstić information content (AvgIpc) is 2.17. The molecule has 1 unspecified atom stereocenters. The summed E-state index contributed by atoms with van der Waals surface area (Å²) in [5.74, 6) is -0.965. The first kappa shape index (κ1) is 10.9. The van der Waals surface area contributed by atoms with Gasteiger partial charge in [-0.2, -0.15) is 0 Å². The molecule has 7 heteroatoms. The van der Waals surface area contributed by atoms with Gasteiger partial charge in [-0.15, -0.1) is 10.2 Å². The van der Waals surface area contributed by atoms with Crippen LogP contribution in [0, 0.1) is 0 Å². The summed E-state index contributed by atoms with van der Waals surface area (Å²) in [4.78, 5) is 14.3. The predicted molar refractivity (Wildman–Crippen MR) is 50.8 cm³/mol. The molecule has 0 spiro atoms. The summed E-state index contributed by atoms with van der Waals surface area (Å²) < 4.78 is 0. The minimum atomic E-state index is -0.965. The van der Waals surface area contributed by atoms with Crippen LogP contribution < -0.4 is 5.73 Å². The summed E-state index contributed by atoms with van der Waals surface area (Å²) in [5, 5.41) is 16.6. The van der Waals surface area contributed by atoms with Crippen LogP contribution in [0.5, 0.6) is 0 Å². The van der Waals surface area contributed by atoms with Gasteiger partial charge < -0.3 is 10.8 Å². The Morgan fingerprint density at radius 3 is 2.86 bits per heavy atom. The Morgan fingerprint density at radius 1 is 1.71 bits per heavy atom. The Hall–Kier alpha value is -1.21. The van der Waals surface area contributed by atoms with Crippen LogP contribution in [0.1, 0.15) is 18.2 Å². The van der Waals surface area contributed by atoms with Gasteiger partial charge in [-0.3, -0.25) is 4.79 Å². The van der Waals surface area contributed by atoms with E-state index in [1.807, 2.05) is 6.26 Å². The molecule has 6 nitrogen and oxygen atoms in total. The van der Waals surface area contributed by atoms with Crippen molar-refractivity contribution in [1.29, 1.82) is 0 Å². The van der Waals surface area contributed by atoms with Crippen molar-refractivity contribution in [3.8, 4) is 0 Å². The van der Waals surface area contributed by atoms with E-state index in [0.29, 0.717) is 10.9 Å². The highest BCUT2D eigenvalue weighted by Crippen LogP contribution is 2.11. The molecule has 1 atom stereocenters. The molecule has 3 N–H and O–H groups in total. The van der Waals surface area contributed by atoms with Gasteiger partial charge in [0.25, 0.3) is 0 Å². The zero-order chi connectivity index (χ0) is 10.6. The number of nitrogens with two attached hydrogens (primary N) is 1. The summed E-state index contributed by atoms with van der Waals surface area (Å²) in [6, 6.07) is -0.650. The Kier molecular flexibility index (Phi) is 3.78. The Balaban J connectivity index is 2.71. The Bertz CT molecular complexity index is 316. The number of hydrogen-bond acceptors (Lipinski definition) is 6. The van der Waals surface area contributed by atoms with Crippen LogP contribution in [-0.2, 0) is 4.79 Å². The zero-order valence-electron chi connectivity index (χ0n) is 7.54. The maximum absolute atomic E-state index is 10.4. The van der Waals surface area contributed by atoms with Gasteiger partial charge >= 0.3 is 5.97 Å². The third-order valence-corrected chi connectivity index (χ3v) is 2.07. The number of rotatable bonds is 4. The second-order valence-corrected chi connectivity index (χ2v) is 3.35. The topological polar surface area (TPSA) is 102 Å². The minimum Gasteiger partial charge on any atom is -0.481 e. The molecular weight excluding hydrogens is 204 g/mol. The van der Waals surface area contributed by atoms with Gasteiger partial charge in [0.15, 0.2) is 0 Å². The molecule has 14 heavy (non-hydrogen) atoms. The first-order valence-corrected chi connectivity index (χ1v) is 5.07. The lowest BCUT2D eigenvalue weighted by Gasteiger charge is -2.06. The fraction of sp³-hybridized carbons (Fsp3) is 0.429. The van der Waals surface area contributed by atoms with Crippen LogP contribution in [0.15, 0.2) is 11.4 Å². The predicted octanol–water partition coefficient (Wildman–Crippen LogP) is 0.0680. The van der Waals surface area contributed by atoms with E-state index in [2.05, 4.69) is 15.2 Å². The van der Waals surface area contributed by atoms with Crippen LogP contribution in [-0.4, -0.2) is 32.5 Å². The average molecular weight is 214 g/mol. The van der Waals surface area contributed by atoms with Crippen LogP contribution in [0.4, 0.5) is 0 Å². The van der Waals surface area contributed by atoms with Crippen molar-refractivity contribution in [1.82, 2.24) is 15.2 Å². The highest BCUT2D eigenvalue weighted by molar-refractivity contribution is 7.98. The Morgan fingerprint density at radius 2 is 2.43 bits per heavy atom. The number of thioether (sulfide) groups is 1. The van der Waals surface area contributed by atoms with E-state index in [4.69, 9.17) is 10.8 Å². The van der Waals surface area contributed by atoms with Crippen molar-refractivity contribution >= 4 is 17.7 Å². The third kappa shape index (κ3) is 2.93. The molecule has 0 saturated heterocycles. The lowest BCUT2D eigenvalue weighted by atomic mass is 10.2. The van der Waals surface area contributed by atoms with Crippen molar-refractivity contribution in [2.75, 3.05) is 6.26 Å². The first-order valence-electron chi connectivity index (χ1n) is 3.84. The number of hydrogen-bond donors (Lipinski definition) is 2. The third-order valence-electron chi connectivity index (χ3n) is 1.52. The molecule has 0 fully saturated rings. The highest BCUT2D eigenvalue weighted by atomic mass is 32.2. The van der Waals surface area contributed by atoms with E-state index < -0.39 is 12.0 Å². The summed E-state index contributed by atoms with van der Waals surface area (Å²) in [6.07, 6.45) is 3.11. The molecule has 1 aromatic rings. The lowest BCUT2D eigenvalue weighted by molar-refractivity contribution is -0.137.